The van der Waals surface area contributed by atoms with Crippen molar-refractivity contribution in [3.8, 4) is 0 Å². The number of nitrogens with two attached hydrogens (primary N) is 1. The lowest BCUT2D eigenvalue weighted by atomic mass is 10.3. The van der Waals surface area contributed by atoms with Crippen LogP contribution < -0.4 is 5.73 Å². The Morgan fingerprint density at radius 3 is 2.69 bits per heavy atom. The first-order valence-corrected chi connectivity index (χ1v) is 4.45. The molecule has 2 N–H and O–H groups in total. The minimum Gasteiger partial charge on any atom is -0.396 e. The topological polar surface area (TPSA) is 41.6 Å². The molecule has 0 fully saturated rings. The van der Waals surface area contributed by atoms with Gasteiger partial charge >= 0.3 is 0 Å². The maximum atomic E-state index is 5.69. The third-order valence-corrected chi connectivity index (χ3v) is 1.87. The Labute approximate surface area is 80.6 Å². The highest BCUT2D eigenvalue weighted by Crippen LogP contribution is 2.07. The Bertz CT molecular complexity index is 206. The van der Waals surface area contributed by atoms with Gasteiger partial charge in [-0.1, -0.05) is 19.9 Å². The summed E-state index contributed by atoms with van der Waals surface area (Å²) in [4.78, 5) is 5.62. The molecular formula is C10H19N3. The van der Waals surface area contributed by atoms with E-state index < -0.39 is 0 Å². The maximum Gasteiger partial charge on any atom is 0.0731 e. The van der Waals surface area contributed by atoms with Crippen LogP contribution >= 0.6 is 0 Å². The highest BCUT2D eigenvalue weighted by molar-refractivity contribution is 5.30. The Morgan fingerprint density at radius 1 is 1.62 bits per heavy atom. The molecule has 0 saturated heterocycles. The number of likely N-dealkylation sites (N-methyl/N-ethyl adjacent to an activating group) is 1. The van der Waals surface area contributed by atoms with Crippen LogP contribution in [0.2, 0.25) is 0 Å². The third kappa shape index (κ3) is 4.35. The molecule has 0 unspecified atom stereocenters. The molecule has 0 aliphatic rings. The Hall–Kier alpha value is -1.25. The second-order valence-electron chi connectivity index (χ2n) is 2.99. The van der Waals surface area contributed by atoms with E-state index in [-0.39, 0.29) is 0 Å². The second-order valence-corrected chi connectivity index (χ2v) is 2.99. The quantitative estimate of drug-likeness (QED) is 0.501. The molecule has 0 amide bonds. The molecule has 0 saturated carbocycles. The van der Waals surface area contributed by atoms with Gasteiger partial charge in [0, 0.05) is 13.6 Å². The summed E-state index contributed by atoms with van der Waals surface area (Å²) in [6.45, 7) is 10.3. The average Bonchev–Trinajstić information content (AvgIpc) is 2.13. The lowest BCUT2D eigenvalue weighted by molar-refractivity contribution is 0.413. The normalized spacial score (nSPS) is 11.1. The van der Waals surface area contributed by atoms with Crippen molar-refractivity contribution in [2.45, 2.75) is 19.8 Å². The SMILES string of the molecule is C=N/C=C(/N)C(=C)N(C)CCCC. The van der Waals surface area contributed by atoms with Crippen molar-refractivity contribution in [2.75, 3.05) is 13.6 Å². The molecule has 0 spiro atoms. The molecule has 0 aliphatic carbocycles. The highest BCUT2D eigenvalue weighted by Gasteiger charge is 2.03. The van der Waals surface area contributed by atoms with Crippen molar-refractivity contribution in [3.63, 3.8) is 0 Å². The van der Waals surface area contributed by atoms with Crippen LogP contribution in [-0.4, -0.2) is 25.2 Å². The van der Waals surface area contributed by atoms with Gasteiger partial charge in [0.15, 0.2) is 0 Å². The van der Waals surface area contributed by atoms with Crippen LogP contribution in [0.4, 0.5) is 0 Å². The summed E-state index contributed by atoms with van der Waals surface area (Å²) in [5.74, 6) is 0. The van der Waals surface area contributed by atoms with Crippen LogP contribution in [0.15, 0.2) is 29.2 Å². The van der Waals surface area contributed by atoms with Crippen molar-refractivity contribution < 1.29 is 0 Å². The lowest BCUT2D eigenvalue weighted by Gasteiger charge is -2.21. The number of unbranched alkanes of at least 4 members (excludes halogenated alkanes) is 1. The molecule has 3 heteroatoms. The second kappa shape index (κ2) is 6.29. The molecule has 0 aromatic rings. The summed E-state index contributed by atoms with van der Waals surface area (Å²) in [5, 5.41) is 0. The van der Waals surface area contributed by atoms with Gasteiger partial charge in [-0.15, -0.1) is 0 Å². The van der Waals surface area contributed by atoms with Crippen molar-refractivity contribution in [2.24, 2.45) is 10.7 Å². The summed E-state index contributed by atoms with van der Waals surface area (Å²) in [6, 6.07) is 0. The fraction of sp³-hybridized carbons (Fsp3) is 0.500. The van der Waals surface area contributed by atoms with E-state index in [1.807, 2.05) is 11.9 Å². The molecule has 3 nitrogen and oxygen atoms in total. The lowest BCUT2D eigenvalue weighted by Crippen LogP contribution is -2.22. The number of nitrogens with zero attached hydrogens (tertiary/aromatic N) is 2. The smallest absolute Gasteiger partial charge is 0.0731 e. The molecule has 0 atom stereocenters. The van der Waals surface area contributed by atoms with Gasteiger partial charge < -0.3 is 10.6 Å². The van der Waals surface area contributed by atoms with Crippen LogP contribution in [0.3, 0.4) is 0 Å². The maximum absolute atomic E-state index is 5.69. The fourth-order valence-electron chi connectivity index (χ4n) is 0.923. The minimum absolute atomic E-state index is 0.577. The predicted octanol–water partition coefficient (Wildman–Crippen LogP) is 1.73. The molecule has 0 aromatic carbocycles. The predicted molar refractivity (Wildman–Crippen MR) is 58.5 cm³/mol. The first-order chi connectivity index (χ1) is 6.13. The van der Waals surface area contributed by atoms with Gasteiger partial charge in [-0.25, -0.2) is 0 Å². The Kier molecular flexibility index (Phi) is 5.68. The van der Waals surface area contributed by atoms with E-state index >= 15 is 0 Å². The van der Waals surface area contributed by atoms with Gasteiger partial charge in [-0.05, 0) is 13.1 Å². The van der Waals surface area contributed by atoms with Gasteiger partial charge in [-0.3, -0.25) is 4.99 Å². The number of hydrogen-bond acceptors (Lipinski definition) is 3. The first-order valence-electron chi connectivity index (χ1n) is 4.45. The van der Waals surface area contributed by atoms with Crippen LogP contribution in [0.5, 0.6) is 0 Å². The standard InChI is InChI=1S/C10H19N3/c1-5-6-7-13(4)9(2)10(11)8-12-3/h8H,2-3,5-7,11H2,1,4H3/b10-8+. The molecule has 0 radical (unpaired) electrons. The van der Waals surface area contributed by atoms with E-state index in [0.717, 1.165) is 18.7 Å². The Balaban J connectivity index is 4.09. The van der Waals surface area contributed by atoms with Crippen LogP contribution in [0.25, 0.3) is 0 Å². The zero-order chi connectivity index (χ0) is 10.3. The largest absolute Gasteiger partial charge is 0.396 e. The van der Waals surface area contributed by atoms with Gasteiger partial charge in [0.25, 0.3) is 0 Å². The van der Waals surface area contributed by atoms with Crippen LogP contribution in [-0.2, 0) is 0 Å². The summed E-state index contributed by atoms with van der Waals surface area (Å²) in [7, 11) is 1.97. The molecule has 0 bridgehead atoms. The summed E-state index contributed by atoms with van der Waals surface area (Å²) >= 11 is 0. The van der Waals surface area contributed by atoms with Gasteiger partial charge in [0.05, 0.1) is 17.6 Å². The van der Waals surface area contributed by atoms with E-state index in [4.69, 9.17) is 5.73 Å². The molecule has 0 rings (SSSR count). The number of aliphatic imine (C=N–C) groups is 1. The summed E-state index contributed by atoms with van der Waals surface area (Å²) < 4.78 is 0. The van der Waals surface area contributed by atoms with E-state index in [2.05, 4.69) is 25.2 Å². The zero-order valence-corrected chi connectivity index (χ0v) is 8.58. The van der Waals surface area contributed by atoms with E-state index in [9.17, 15) is 0 Å². The van der Waals surface area contributed by atoms with Gasteiger partial charge in [0.1, 0.15) is 0 Å². The van der Waals surface area contributed by atoms with E-state index in [1.165, 1.54) is 12.6 Å². The molecule has 0 aliphatic heterocycles. The van der Waals surface area contributed by atoms with E-state index in [1.54, 1.807) is 0 Å². The van der Waals surface area contributed by atoms with Gasteiger partial charge in [-0.2, -0.15) is 0 Å². The average molecular weight is 181 g/mol. The van der Waals surface area contributed by atoms with Crippen molar-refractivity contribution in [1.82, 2.24) is 4.90 Å². The fourth-order valence-corrected chi connectivity index (χ4v) is 0.923. The van der Waals surface area contributed by atoms with Crippen LogP contribution in [0.1, 0.15) is 19.8 Å². The minimum atomic E-state index is 0.577. The van der Waals surface area contributed by atoms with Crippen molar-refractivity contribution >= 4 is 6.72 Å². The third-order valence-electron chi connectivity index (χ3n) is 1.87. The zero-order valence-electron chi connectivity index (χ0n) is 8.58. The molecule has 0 heterocycles. The van der Waals surface area contributed by atoms with Gasteiger partial charge in [0.2, 0.25) is 0 Å². The van der Waals surface area contributed by atoms with Crippen molar-refractivity contribution in [3.05, 3.63) is 24.2 Å². The van der Waals surface area contributed by atoms with E-state index in [0.29, 0.717) is 5.70 Å². The number of hydrogen-bond donors (Lipinski definition) is 1. The monoisotopic (exact) mass is 181 g/mol. The summed E-state index contributed by atoms with van der Waals surface area (Å²) in [5.41, 5.74) is 7.07. The molecule has 74 valence electrons. The molecule has 0 aromatic heterocycles. The first kappa shape index (κ1) is 11.8. The number of rotatable bonds is 6. The van der Waals surface area contributed by atoms with Crippen molar-refractivity contribution in [1.29, 1.82) is 0 Å². The molecular weight excluding hydrogens is 162 g/mol. The Morgan fingerprint density at radius 2 is 2.23 bits per heavy atom. The van der Waals surface area contributed by atoms with Crippen LogP contribution in [0, 0.1) is 0 Å². The highest BCUT2D eigenvalue weighted by atomic mass is 15.1. The summed E-state index contributed by atoms with van der Waals surface area (Å²) in [6.07, 6.45) is 3.83. The molecule has 13 heavy (non-hydrogen) atoms.